The number of carboxylic acid groups (broad SMARTS) is 1. The van der Waals surface area contributed by atoms with Crippen molar-refractivity contribution in [1.82, 2.24) is 0 Å². The topological polar surface area (TPSA) is 55.8 Å². The van der Waals surface area contributed by atoms with Crippen LogP contribution in [0.25, 0.3) is 0 Å². The van der Waals surface area contributed by atoms with Crippen LogP contribution in [0.5, 0.6) is 5.75 Å². The van der Waals surface area contributed by atoms with Crippen LogP contribution >= 0.6 is 0 Å². The van der Waals surface area contributed by atoms with E-state index in [0.29, 0.717) is 17.2 Å². The Bertz CT molecular complexity index is 447. The van der Waals surface area contributed by atoms with Crippen LogP contribution in [-0.4, -0.2) is 30.4 Å². The van der Waals surface area contributed by atoms with Crippen LogP contribution in [0.15, 0.2) is 18.2 Å². The molecule has 1 aliphatic rings. The van der Waals surface area contributed by atoms with Gasteiger partial charge in [0.1, 0.15) is 5.75 Å². The predicted molar refractivity (Wildman–Crippen MR) is 72.0 cm³/mol. The van der Waals surface area contributed by atoms with E-state index in [2.05, 4.69) is 0 Å². The summed E-state index contributed by atoms with van der Waals surface area (Å²) in [5.74, 6) is 0.0847. The van der Waals surface area contributed by atoms with Gasteiger partial charge in [0.25, 0.3) is 0 Å². The number of rotatable bonds is 4. The third-order valence-corrected chi connectivity index (χ3v) is 3.24. The molecule has 1 aromatic rings. The molecule has 0 amide bonds. The SMILES string of the molecule is CC(C)Oc1cc(C(=O)O)cc(C2CCOCC2)c1. The molecule has 4 heteroatoms. The van der Waals surface area contributed by atoms with E-state index in [1.807, 2.05) is 19.9 Å². The van der Waals surface area contributed by atoms with E-state index in [-0.39, 0.29) is 6.10 Å². The number of hydrogen-bond acceptors (Lipinski definition) is 3. The number of benzene rings is 1. The molecule has 1 aromatic carbocycles. The lowest BCUT2D eigenvalue weighted by molar-refractivity contribution is 0.0695. The fourth-order valence-electron chi connectivity index (χ4n) is 2.35. The quantitative estimate of drug-likeness (QED) is 0.908. The molecule has 0 radical (unpaired) electrons. The lowest BCUT2D eigenvalue weighted by atomic mass is 9.90. The minimum Gasteiger partial charge on any atom is -0.491 e. The first-order valence-corrected chi connectivity index (χ1v) is 6.69. The van der Waals surface area contributed by atoms with Gasteiger partial charge < -0.3 is 14.6 Å². The van der Waals surface area contributed by atoms with E-state index < -0.39 is 5.97 Å². The maximum absolute atomic E-state index is 11.2. The zero-order valence-corrected chi connectivity index (χ0v) is 11.4. The van der Waals surface area contributed by atoms with E-state index in [0.717, 1.165) is 31.6 Å². The second-order valence-corrected chi connectivity index (χ2v) is 5.15. The fraction of sp³-hybridized carbons (Fsp3) is 0.533. The molecule has 104 valence electrons. The first-order valence-electron chi connectivity index (χ1n) is 6.69. The van der Waals surface area contributed by atoms with Gasteiger partial charge in [0.2, 0.25) is 0 Å². The highest BCUT2D eigenvalue weighted by atomic mass is 16.5. The fourth-order valence-corrected chi connectivity index (χ4v) is 2.35. The molecule has 0 aliphatic carbocycles. The van der Waals surface area contributed by atoms with Gasteiger partial charge in [-0.1, -0.05) is 0 Å². The van der Waals surface area contributed by atoms with Crippen LogP contribution in [-0.2, 0) is 4.74 Å². The third kappa shape index (κ3) is 3.70. The number of aromatic carboxylic acids is 1. The monoisotopic (exact) mass is 264 g/mol. The van der Waals surface area contributed by atoms with Crippen LogP contribution in [0.4, 0.5) is 0 Å². The Morgan fingerprint density at radius 1 is 1.32 bits per heavy atom. The Hall–Kier alpha value is -1.55. The zero-order valence-electron chi connectivity index (χ0n) is 11.4. The number of hydrogen-bond donors (Lipinski definition) is 1. The Kier molecular flexibility index (Phi) is 4.43. The highest BCUT2D eigenvalue weighted by Gasteiger charge is 2.19. The Balaban J connectivity index is 2.30. The van der Waals surface area contributed by atoms with E-state index in [9.17, 15) is 9.90 Å². The molecule has 0 aromatic heterocycles. The molecular formula is C15H20O4. The number of carboxylic acids is 1. The summed E-state index contributed by atoms with van der Waals surface area (Å²) in [7, 11) is 0. The van der Waals surface area contributed by atoms with Crippen molar-refractivity contribution in [3.05, 3.63) is 29.3 Å². The lowest BCUT2D eigenvalue weighted by Gasteiger charge is -2.23. The summed E-state index contributed by atoms with van der Waals surface area (Å²) < 4.78 is 11.0. The van der Waals surface area contributed by atoms with Gasteiger partial charge >= 0.3 is 5.97 Å². The average molecular weight is 264 g/mol. The third-order valence-electron chi connectivity index (χ3n) is 3.24. The van der Waals surface area contributed by atoms with Gasteiger partial charge in [0.05, 0.1) is 11.7 Å². The molecule has 0 spiro atoms. The van der Waals surface area contributed by atoms with Crippen molar-refractivity contribution in [2.24, 2.45) is 0 Å². The highest BCUT2D eigenvalue weighted by molar-refractivity contribution is 5.88. The summed E-state index contributed by atoms with van der Waals surface area (Å²) in [5, 5.41) is 9.19. The van der Waals surface area contributed by atoms with Gasteiger partial charge in [-0.05, 0) is 56.4 Å². The molecule has 0 saturated carbocycles. The van der Waals surface area contributed by atoms with Crippen LogP contribution in [0, 0.1) is 0 Å². The second kappa shape index (κ2) is 6.06. The number of ether oxygens (including phenoxy) is 2. The summed E-state index contributed by atoms with van der Waals surface area (Å²) >= 11 is 0. The molecule has 0 atom stereocenters. The van der Waals surface area contributed by atoms with Crippen molar-refractivity contribution < 1.29 is 19.4 Å². The average Bonchev–Trinajstić information content (AvgIpc) is 2.38. The van der Waals surface area contributed by atoms with Gasteiger partial charge in [-0.15, -0.1) is 0 Å². The maximum Gasteiger partial charge on any atom is 0.335 e. The minimum absolute atomic E-state index is 0.0339. The molecule has 1 aliphatic heterocycles. The standard InChI is InChI=1S/C15H20O4/c1-10(2)19-14-8-12(7-13(9-14)15(16)17)11-3-5-18-6-4-11/h7-11H,3-6H2,1-2H3,(H,16,17). The van der Waals surface area contributed by atoms with Crippen molar-refractivity contribution >= 4 is 5.97 Å². The van der Waals surface area contributed by atoms with Crippen LogP contribution in [0.1, 0.15) is 48.5 Å². The molecule has 0 unspecified atom stereocenters. The van der Waals surface area contributed by atoms with Gasteiger partial charge in [-0.2, -0.15) is 0 Å². The Labute approximate surface area is 113 Å². The van der Waals surface area contributed by atoms with Crippen molar-refractivity contribution in [2.45, 2.75) is 38.7 Å². The maximum atomic E-state index is 11.2. The summed E-state index contributed by atoms with van der Waals surface area (Å²) in [4.78, 5) is 11.2. The van der Waals surface area contributed by atoms with E-state index in [1.165, 1.54) is 0 Å². The largest absolute Gasteiger partial charge is 0.491 e. The summed E-state index contributed by atoms with van der Waals surface area (Å²) in [6, 6.07) is 5.30. The van der Waals surface area contributed by atoms with Crippen LogP contribution < -0.4 is 4.74 Å². The van der Waals surface area contributed by atoms with Crippen molar-refractivity contribution in [2.75, 3.05) is 13.2 Å². The van der Waals surface area contributed by atoms with Crippen LogP contribution in [0.3, 0.4) is 0 Å². The number of carbonyl (C=O) groups is 1. The molecule has 1 N–H and O–H groups in total. The van der Waals surface area contributed by atoms with Gasteiger partial charge in [0.15, 0.2) is 0 Å². The Morgan fingerprint density at radius 2 is 2.00 bits per heavy atom. The first kappa shape index (κ1) is 13.9. The highest BCUT2D eigenvalue weighted by Crippen LogP contribution is 2.30. The molecule has 1 heterocycles. The van der Waals surface area contributed by atoms with Gasteiger partial charge in [-0.25, -0.2) is 4.79 Å². The zero-order chi connectivity index (χ0) is 13.8. The predicted octanol–water partition coefficient (Wildman–Crippen LogP) is 3.07. The molecule has 0 bridgehead atoms. The van der Waals surface area contributed by atoms with Crippen molar-refractivity contribution in [1.29, 1.82) is 0 Å². The normalized spacial score (nSPS) is 16.6. The van der Waals surface area contributed by atoms with Crippen molar-refractivity contribution in [3.63, 3.8) is 0 Å². The molecule has 19 heavy (non-hydrogen) atoms. The van der Waals surface area contributed by atoms with Crippen molar-refractivity contribution in [3.8, 4) is 5.75 Å². The molecule has 1 saturated heterocycles. The second-order valence-electron chi connectivity index (χ2n) is 5.15. The van der Waals surface area contributed by atoms with E-state index in [1.54, 1.807) is 12.1 Å². The van der Waals surface area contributed by atoms with Crippen LogP contribution in [0.2, 0.25) is 0 Å². The minimum atomic E-state index is -0.914. The molecule has 2 rings (SSSR count). The summed E-state index contributed by atoms with van der Waals surface area (Å²) in [6.45, 7) is 5.34. The Morgan fingerprint density at radius 3 is 2.58 bits per heavy atom. The molecule has 1 fully saturated rings. The first-order chi connectivity index (χ1) is 9.06. The summed E-state index contributed by atoms with van der Waals surface area (Å²) in [6.07, 6.45) is 1.90. The van der Waals surface area contributed by atoms with E-state index in [4.69, 9.17) is 9.47 Å². The molecular weight excluding hydrogens is 244 g/mol. The van der Waals surface area contributed by atoms with E-state index >= 15 is 0 Å². The summed E-state index contributed by atoms with van der Waals surface area (Å²) in [5.41, 5.74) is 1.33. The lowest BCUT2D eigenvalue weighted by Crippen LogP contribution is -2.15. The van der Waals surface area contributed by atoms with Gasteiger partial charge in [-0.3, -0.25) is 0 Å². The molecule has 4 nitrogen and oxygen atoms in total. The smallest absolute Gasteiger partial charge is 0.335 e. The van der Waals surface area contributed by atoms with Gasteiger partial charge in [0, 0.05) is 13.2 Å².